The number of hydrogen-bond donors (Lipinski definition) is 3. The van der Waals surface area contributed by atoms with Crippen LogP contribution in [0.2, 0.25) is 5.02 Å². The van der Waals surface area contributed by atoms with E-state index in [4.69, 9.17) is 11.6 Å². The number of carbonyl (C=O) groups excluding carboxylic acids is 1. The van der Waals surface area contributed by atoms with E-state index < -0.39 is 15.9 Å². The van der Waals surface area contributed by atoms with Crippen LogP contribution in [0.5, 0.6) is 5.75 Å². The highest BCUT2D eigenvalue weighted by Crippen LogP contribution is 2.29. The Hall–Kier alpha value is -2.13. The number of nitrogens with zero attached hydrogens (tertiary/aromatic N) is 1. The second-order valence-electron chi connectivity index (χ2n) is 8.86. The minimum absolute atomic E-state index is 0.0381. The number of aromatic hydroxyl groups is 1. The molecule has 2 aromatic carbocycles. The Kier molecular flexibility index (Phi) is 8.75. The van der Waals surface area contributed by atoms with Gasteiger partial charge in [0, 0.05) is 16.6 Å². The highest BCUT2D eigenvalue weighted by Gasteiger charge is 2.28. The molecule has 1 aliphatic rings. The van der Waals surface area contributed by atoms with Gasteiger partial charge >= 0.3 is 0 Å². The van der Waals surface area contributed by atoms with Gasteiger partial charge in [-0.1, -0.05) is 36.9 Å². The summed E-state index contributed by atoms with van der Waals surface area (Å²) in [6, 6.07) is 10.1. The molecular formula is C24H32ClN3O4S. The number of hydrogen-bond acceptors (Lipinski definition) is 5. The van der Waals surface area contributed by atoms with Crippen LogP contribution in [0.1, 0.15) is 48.9 Å². The Morgan fingerprint density at radius 1 is 1.15 bits per heavy atom. The van der Waals surface area contributed by atoms with Crippen molar-refractivity contribution < 1.29 is 18.3 Å². The maximum absolute atomic E-state index is 13.2. The lowest BCUT2D eigenvalue weighted by Gasteiger charge is -2.31. The molecule has 7 nitrogen and oxygen atoms in total. The fraction of sp³-hybridized carbons (Fsp3) is 0.458. The van der Waals surface area contributed by atoms with Gasteiger partial charge in [0.25, 0.3) is 5.91 Å². The minimum atomic E-state index is -3.82. The molecule has 180 valence electrons. The van der Waals surface area contributed by atoms with Crippen LogP contribution in [-0.4, -0.2) is 51.0 Å². The lowest BCUT2D eigenvalue weighted by atomic mass is 9.83. The third kappa shape index (κ3) is 7.17. The molecule has 1 aliphatic carbocycles. The predicted molar refractivity (Wildman–Crippen MR) is 131 cm³/mol. The number of sulfonamides is 1. The van der Waals surface area contributed by atoms with Crippen LogP contribution in [0.3, 0.4) is 0 Å². The zero-order valence-electron chi connectivity index (χ0n) is 19.1. The van der Waals surface area contributed by atoms with E-state index in [-0.39, 0.29) is 27.9 Å². The average molecular weight is 494 g/mol. The van der Waals surface area contributed by atoms with E-state index >= 15 is 0 Å². The summed E-state index contributed by atoms with van der Waals surface area (Å²) in [7, 11) is 0.137. The molecule has 0 saturated heterocycles. The van der Waals surface area contributed by atoms with Crippen molar-refractivity contribution in [3.8, 4) is 5.75 Å². The number of halogens is 1. The number of phenolic OH excluding ortho intramolecular Hbond substituents is 1. The van der Waals surface area contributed by atoms with Gasteiger partial charge in [0.2, 0.25) is 10.0 Å². The van der Waals surface area contributed by atoms with Gasteiger partial charge in [0.1, 0.15) is 5.75 Å². The van der Waals surface area contributed by atoms with E-state index in [0.29, 0.717) is 10.9 Å². The molecule has 0 radical (unpaired) electrons. The van der Waals surface area contributed by atoms with E-state index in [1.54, 1.807) is 0 Å². The van der Waals surface area contributed by atoms with Crippen LogP contribution >= 0.6 is 11.6 Å². The number of benzene rings is 2. The van der Waals surface area contributed by atoms with Gasteiger partial charge in [-0.15, -0.1) is 0 Å². The summed E-state index contributed by atoms with van der Waals surface area (Å²) in [6.45, 7) is 0.787. The van der Waals surface area contributed by atoms with Gasteiger partial charge in [-0.2, -0.15) is 0 Å². The molecule has 1 saturated carbocycles. The van der Waals surface area contributed by atoms with Crippen LogP contribution in [0.15, 0.2) is 47.4 Å². The van der Waals surface area contributed by atoms with E-state index in [0.717, 1.165) is 38.6 Å². The lowest BCUT2D eigenvalue weighted by Crippen LogP contribution is -2.42. The Bertz CT molecular complexity index is 1070. The molecule has 1 amide bonds. The summed E-state index contributed by atoms with van der Waals surface area (Å²) in [5.74, 6) is -0.360. The monoisotopic (exact) mass is 493 g/mol. The highest BCUT2D eigenvalue weighted by molar-refractivity contribution is 7.89. The SMILES string of the molecule is CN(C)CCC(NS(=O)(=O)c1cccc(C(=O)Nc2cc(Cl)ccc2O)c1)C1CCCCC1. The summed E-state index contributed by atoms with van der Waals surface area (Å²) in [6.07, 6.45) is 6.21. The van der Waals surface area contributed by atoms with E-state index in [1.807, 2.05) is 14.1 Å². The van der Waals surface area contributed by atoms with E-state index in [1.165, 1.54) is 48.9 Å². The molecule has 0 heterocycles. The van der Waals surface area contributed by atoms with E-state index in [9.17, 15) is 18.3 Å². The predicted octanol–water partition coefficient (Wildman–Crippen LogP) is 4.48. The number of carbonyl (C=O) groups is 1. The number of amides is 1. The summed E-state index contributed by atoms with van der Waals surface area (Å²) < 4.78 is 29.4. The summed E-state index contributed by atoms with van der Waals surface area (Å²) in [4.78, 5) is 14.8. The molecule has 0 bridgehead atoms. The third-order valence-corrected chi connectivity index (χ3v) is 7.75. The maximum atomic E-state index is 13.2. The van der Waals surface area contributed by atoms with Crippen LogP contribution < -0.4 is 10.0 Å². The standard InChI is InChI=1S/C24H32ClN3O4S/c1-28(2)14-13-21(17-7-4-3-5-8-17)27-33(31,32)20-10-6-9-18(15-20)24(30)26-22-16-19(25)11-12-23(22)29/h6,9-12,15-17,21,27,29H,3-5,7-8,13-14H2,1-2H3,(H,26,30). The van der Waals surface area contributed by atoms with Crippen molar-refractivity contribution in [2.75, 3.05) is 26.0 Å². The second-order valence-corrected chi connectivity index (χ2v) is 11.0. The minimum Gasteiger partial charge on any atom is -0.506 e. The first-order valence-corrected chi connectivity index (χ1v) is 13.1. The number of nitrogens with one attached hydrogen (secondary N) is 2. The summed E-state index contributed by atoms with van der Waals surface area (Å²) in [5, 5.41) is 12.9. The fourth-order valence-electron chi connectivity index (χ4n) is 4.20. The third-order valence-electron chi connectivity index (χ3n) is 6.03. The number of rotatable bonds is 9. The van der Waals surface area contributed by atoms with Gasteiger partial charge in [-0.25, -0.2) is 13.1 Å². The molecule has 0 aromatic heterocycles. The van der Waals surface area contributed by atoms with Crippen molar-refractivity contribution in [3.05, 3.63) is 53.1 Å². The normalized spacial score (nSPS) is 16.0. The molecule has 1 unspecified atom stereocenters. The lowest BCUT2D eigenvalue weighted by molar-refractivity contribution is 0.102. The first kappa shape index (κ1) is 25.5. The molecule has 3 N–H and O–H groups in total. The highest BCUT2D eigenvalue weighted by atomic mass is 35.5. The molecule has 33 heavy (non-hydrogen) atoms. The second kappa shape index (κ2) is 11.3. The van der Waals surface area contributed by atoms with Crippen molar-refractivity contribution in [3.63, 3.8) is 0 Å². The first-order chi connectivity index (χ1) is 15.7. The Balaban J connectivity index is 1.78. The van der Waals surface area contributed by atoms with Crippen molar-refractivity contribution in [1.82, 2.24) is 9.62 Å². The Labute approximate surface area is 201 Å². The van der Waals surface area contributed by atoms with Crippen molar-refractivity contribution in [2.24, 2.45) is 5.92 Å². The topological polar surface area (TPSA) is 98.7 Å². The van der Waals surface area contributed by atoms with Gasteiger partial charge in [-0.3, -0.25) is 4.79 Å². The molecule has 9 heteroatoms. The fourth-order valence-corrected chi connectivity index (χ4v) is 5.76. The largest absolute Gasteiger partial charge is 0.506 e. The quantitative estimate of drug-likeness (QED) is 0.447. The molecular weight excluding hydrogens is 462 g/mol. The molecule has 1 atom stereocenters. The van der Waals surface area contributed by atoms with Crippen LogP contribution in [-0.2, 0) is 10.0 Å². The summed E-state index contributed by atoms with van der Waals surface area (Å²) in [5.41, 5.74) is 0.319. The Morgan fingerprint density at radius 3 is 2.58 bits per heavy atom. The molecule has 0 aliphatic heterocycles. The van der Waals surface area contributed by atoms with Gasteiger partial charge < -0.3 is 15.3 Å². The van der Waals surface area contributed by atoms with Crippen molar-refractivity contribution in [2.45, 2.75) is 49.5 Å². The zero-order valence-corrected chi connectivity index (χ0v) is 20.6. The van der Waals surface area contributed by atoms with Crippen LogP contribution in [0.25, 0.3) is 0 Å². The molecule has 3 rings (SSSR count). The molecule has 2 aromatic rings. The van der Waals surface area contributed by atoms with E-state index in [2.05, 4.69) is 14.9 Å². The van der Waals surface area contributed by atoms with Crippen molar-refractivity contribution in [1.29, 1.82) is 0 Å². The number of anilines is 1. The van der Waals surface area contributed by atoms with Gasteiger partial charge in [0.05, 0.1) is 10.6 Å². The molecule has 1 fully saturated rings. The van der Waals surface area contributed by atoms with Crippen molar-refractivity contribution >= 4 is 33.2 Å². The van der Waals surface area contributed by atoms with Gasteiger partial charge in [-0.05, 0) is 82.2 Å². The summed E-state index contributed by atoms with van der Waals surface area (Å²) >= 11 is 5.94. The first-order valence-electron chi connectivity index (χ1n) is 11.2. The zero-order chi connectivity index (χ0) is 24.0. The Morgan fingerprint density at radius 2 is 1.88 bits per heavy atom. The van der Waals surface area contributed by atoms with Gasteiger partial charge in [0.15, 0.2) is 0 Å². The number of phenols is 1. The smallest absolute Gasteiger partial charge is 0.255 e. The maximum Gasteiger partial charge on any atom is 0.255 e. The van der Waals surface area contributed by atoms with Crippen LogP contribution in [0.4, 0.5) is 5.69 Å². The average Bonchev–Trinajstić information content (AvgIpc) is 2.79. The van der Waals surface area contributed by atoms with Crippen LogP contribution in [0, 0.1) is 5.92 Å². The molecule has 0 spiro atoms.